The van der Waals surface area contributed by atoms with Crippen LogP contribution in [0.4, 0.5) is 23.7 Å². The predicted molar refractivity (Wildman–Crippen MR) is 99.6 cm³/mol. The lowest BCUT2D eigenvalue weighted by molar-refractivity contribution is -0.137. The Morgan fingerprint density at radius 3 is 2.50 bits per heavy atom. The van der Waals surface area contributed by atoms with E-state index in [2.05, 4.69) is 0 Å². The summed E-state index contributed by atoms with van der Waals surface area (Å²) in [5.41, 5.74) is 4.65. The zero-order valence-electron chi connectivity index (χ0n) is 14.7. The first kappa shape index (κ1) is 20.1. The van der Waals surface area contributed by atoms with Crippen LogP contribution in [0.25, 0.3) is 11.1 Å². The lowest BCUT2D eigenvalue weighted by atomic mass is 9.98. The highest BCUT2D eigenvalue weighted by molar-refractivity contribution is 6.33. The van der Waals surface area contributed by atoms with Crippen LogP contribution in [0.1, 0.15) is 18.4 Å². The maximum Gasteiger partial charge on any atom is 0.417 e. The standard InChI is InChI=1S/C19H18ClF3N2O3/c20-16-10-12(24)9-15(19(21,22)23)17(16)11-2-1-3-14(8-11)28-13-4-6-25(7-5-13)18(26)27/h1-3,8-10,13H,4-7,24H2,(H,26,27). The maximum absolute atomic E-state index is 13.5. The van der Waals surface area contributed by atoms with Crippen molar-refractivity contribution in [1.82, 2.24) is 4.90 Å². The molecule has 3 rings (SSSR count). The van der Waals surface area contributed by atoms with Crippen molar-refractivity contribution in [2.45, 2.75) is 25.1 Å². The highest BCUT2D eigenvalue weighted by atomic mass is 35.5. The molecule has 0 unspecified atom stereocenters. The van der Waals surface area contributed by atoms with E-state index in [-0.39, 0.29) is 27.9 Å². The summed E-state index contributed by atoms with van der Waals surface area (Å²) in [5, 5.41) is 8.89. The van der Waals surface area contributed by atoms with Gasteiger partial charge in [0.05, 0.1) is 10.6 Å². The quantitative estimate of drug-likeness (QED) is 0.683. The van der Waals surface area contributed by atoms with Crippen molar-refractivity contribution in [1.29, 1.82) is 0 Å². The normalized spacial score (nSPS) is 15.5. The fourth-order valence-corrected chi connectivity index (χ4v) is 3.56. The van der Waals surface area contributed by atoms with E-state index in [1.165, 1.54) is 23.1 Å². The summed E-state index contributed by atoms with van der Waals surface area (Å²) in [5.74, 6) is 0.396. The van der Waals surface area contributed by atoms with E-state index < -0.39 is 17.8 Å². The van der Waals surface area contributed by atoms with E-state index in [9.17, 15) is 18.0 Å². The second-order valence-electron chi connectivity index (χ2n) is 6.54. The Bertz CT molecular complexity index is 881. The van der Waals surface area contributed by atoms with Gasteiger partial charge in [0.15, 0.2) is 0 Å². The number of alkyl halides is 3. The third-order valence-corrected chi connectivity index (χ3v) is 4.85. The smallest absolute Gasteiger partial charge is 0.417 e. The number of carboxylic acid groups (broad SMARTS) is 1. The lowest BCUT2D eigenvalue weighted by Gasteiger charge is -2.30. The van der Waals surface area contributed by atoms with Gasteiger partial charge >= 0.3 is 12.3 Å². The zero-order chi connectivity index (χ0) is 20.5. The van der Waals surface area contributed by atoms with E-state index in [4.69, 9.17) is 27.2 Å². The molecule has 0 radical (unpaired) electrons. The molecule has 0 atom stereocenters. The minimum absolute atomic E-state index is 0.0707. The molecule has 0 bridgehead atoms. The SMILES string of the molecule is Nc1cc(Cl)c(-c2cccc(OC3CCN(C(=O)O)CC3)c2)c(C(F)(F)F)c1. The van der Waals surface area contributed by atoms with Crippen LogP contribution in [0.2, 0.25) is 5.02 Å². The summed E-state index contributed by atoms with van der Waals surface area (Å²) in [6.45, 7) is 0.698. The van der Waals surface area contributed by atoms with E-state index in [1.807, 2.05) is 0 Å². The first-order valence-electron chi connectivity index (χ1n) is 8.56. The summed E-state index contributed by atoms with van der Waals surface area (Å²) in [6, 6.07) is 8.38. The third kappa shape index (κ3) is 4.44. The molecule has 2 aromatic rings. The molecule has 9 heteroatoms. The number of hydrogen-bond acceptors (Lipinski definition) is 3. The number of piperidine rings is 1. The Labute approximate surface area is 164 Å². The Morgan fingerprint density at radius 2 is 1.89 bits per heavy atom. The Morgan fingerprint density at radius 1 is 1.21 bits per heavy atom. The van der Waals surface area contributed by atoms with Crippen LogP contribution >= 0.6 is 11.6 Å². The summed E-state index contributed by atoms with van der Waals surface area (Å²) >= 11 is 6.08. The van der Waals surface area contributed by atoms with Gasteiger partial charge in [-0.15, -0.1) is 0 Å². The Hall–Kier alpha value is -2.61. The van der Waals surface area contributed by atoms with Gasteiger partial charge in [0.2, 0.25) is 0 Å². The average molecular weight is 415 g/mol. The first-order valence-corrected chi connectivity index (χ1v) is 8.94. The van der Waals surface area contributed by atoms with Crippen molar-refractivity contribution in [2.24, 2.45) is 0 Å². The first-order chi connectivity index (χ1) is 13.1. The minimum Gasteiger partial charge on any atom is -0.490 e. The second-order valence-corrected chi connectivity index (χ2v) is 6.94. The minimum atomic E-state index is -4.62. The van der Waals surface area contributed by atoms with Crippen molar-refractivity contribution >= 4 is 23.4 Å². The molecule has 150 valence electrons. The average Bonchev–Trinajstić information content (AvgIpc) is 2.61. The van der Waals surface area contributed by atoms with Gasteiger partial charge in [-0.1, -0.05) is 23.7 Å². The highest BCUT2D eigenvalue weighted by Gasteiger charge is 2.35. The number of amides is 1. The second kappa shape index (κ2) is 7.79. The number of benzene rings is 2. The molecule has 0 aromatic heterocycles. The van der Waals surface area contributed by atoms with Crippen molar-refractivity contribution in [3.63, 3.8) is 0 Å². The number of nitrogens with two attached hydrogens (primary N) is 1. The molecule has 1 amide bonds. The van der Waals surface area contributed by atoms with Gasteiger partial charge in [-0.25, -0.2) is 4.79 Å². The number of hydrogen-bond donors (Lipinski definition) is 2. The zero-order valence-corrected chi connectivity index (χ0v) is 15.4. The van der Waals surface area contributed by atoms with Crippen molar-refractivity contribution in [2.75, 3.05) is 18.8 Å². The molecule has 1 saturated heterocycles. The molecule has 1 heterocycles. The van der Waals surface area contributed by atoms with Crippen LogP contribution in [0, 0.1) is 0 Å². The van der Waals surface area contributed by atoms with Crippen LogP contribution in [-0.2, 0) is 6.18 Å². The number of likely N-dealkylation sites (tertiary alicyclic amines) is 1. The van der Waals surface area contributed by atoms with Gasteiger partial charge in [-0.05, 0) is 29.8 Å². The van der Waals surface area contributed by atoms with Gasteiger partial charge in [-0.2, -0.15) is 13.2 Å². The number of nitrogens with zero attached hydrogens (tertiary/aromatic N) is 1. The molecule has 5 nitrogen and oxygen atoms in total. The molecule has 3 N–H and O–H groups in total. The molecule has 1 aliphatic rings. The molecule has 2 aromatic carbocycles. The number of nitrogen functional groups attached to an aromatic ring is 1. The van der Waals surface area contributed by atoms with Gasteiger partial charge in [-0.3, -0.25) is 0 Å². The molecular weight excluding hydrogens is 397 g/mol. The van der Waals surface area contributed by atoms with E-state index in [0.717, 1.165) is 6.07 Å². The van der Waals surface area contributed by atoms with Crippen molar-refractivity contribution in [3.05, 3.63) is 47.0 Å². The summed E-state index contributed by atoms with van der Waals surface area (Å²) in [6.07, 6.45) is -4.79. The van der Waals surface area contributed by atoms with Gasteiger partial charge in [0.1, 0.15) is 11.9 Å². The number of carbonyl (C=O) groups is 1. The monoisotopic (exact) mass is 414 g/mol. The summed E-state index contributed by atoms with van der Waals surface area (Å²) < 4.78 is 46.3. The Balaban J connectivity index is 1.86. The summed E-state index contributed by atoms with van der Waals surface area (Å²) in [7, 11) is 0. The molecule has 1 fully saturated rings. The van der Waals surface area contributed by atoms with Gasteiger partial charge in [0.25, 0.3) is 0 Å². The van der Waals surface area contributed by atoms with Crippen LogP contribution < -0.4 is 10.5 Å². The highest BCUT2D eigenvalue weighted by Crippen LogP contribution is 2.43. The van der Waals surface area contributed by atoms with Gasteiger partial charge < -0.3 is 20.5 Å². The van der Waals surface area contributed by atoms with Crippen molar-refractivity contribution < 1.29 is 27.8 Å². The molecule has 1 aliphatic heterocycles. The largest absolute Gasteiger partial charge is 0.490 e. The summed E-state index contributed by atoms with van der Waals surface area (Å²) in [4.78, 5) is 12.3. The molecule has 28 heavy (non-hydrogen) atoms. The topological polar surface area (TPSA) is 75.8 Å². The number of anilines is 1. The fourth-order valence-electron chi connectivity index (χ4n) is 3.23. The van der Waals surface area contributed by atoms with E-state index >= 15 is 0 Å². The van der Waals surface area contributed by atoms with Crippen LogP contribution in [0.3, 0.4) is 0 Å². The molecule has 0 saturated carbocycles. The van der Waals surface area contributed by atoms with Crippen molar-refractivity contribution in [3.8, 4) is 16.9 Å². The molecule has 0 aliphatic carbocycles. The van der Waals surface area contributed by atoms with E-state index in [0.29, 0.717) is 31.7 Å². The predicted octanol–water partition coefficient (Wildman–Crippen LogP) is 5.13. The number of ether oxygens (including phenoxy) is 1. The fraction of sp³-hybridized carbons (Fsp3) is 0.316. The van der Waals surface area contributed by atoms with E-state index in [1.54, 1.807) is 12.1 Å². The molecular formula is C19H18ClF3N2O3. The van der Waals surface area contributed by atoms with Crippen LogP contribution in [0.5, 0.6) is 5.75 Å². The number of rotatable bonds is 3. The van der Waals surface area contributed by atoms with Crippen LogP contribution in [0.15, 0.2) is 36.4 Å². The number of halogens is 4. The molecule has 0 spiro atoms. The Kier molecular flexibility index (Phi) is 5.60. The lowest BCUT2D eigenvalue weighted by Crippen LogP contribution is -2.41. The van der Waals surface area contributed by atoms with Gasteiger partial charge in [0, 0.05) is 37.2 Å². The maximum atomic E-state index is 13.5. The van der Waals surface area contributed by atoms with Crippen LogP contribution in [-0.4, -0.2) is 35.3 Å². The third-order valence-electron chi connectivity index (χ3n) is 4.56.